The predicted molar refractivity (Wildman–Crippen MR) is 260 cm³/mol. The second-order valence-corrected chi connectivity index (χ2v) is 16.1. The molecule has 0 aromatic rings. The number of aliphatic hydroxyl groups excluding tert-OH is 2. The fourth-order valence-electron chi connectivity index (χ4n) is 6.27. The number of carbonyl (C=O) groups is 1. The first-order valence-electron chi connectivity index (χ1n) is 26.2. The molecule has 18 heteroatoms. The molecule has 0 aromatic heterocycles. The van der Waals surface area contributed by atoms with Crippen molar-refractivity contribution in [2.24, 2.45) is 0 Å². The highest BCUT2D eigenvalue weighted by Crippen LogP contribution is 2.14. The van der Waals surface area contributed by atoms with Crippen LogP contribution >= 0.6 is 0 Å². The smallest absolute Gasteiger partial charge is 0.163 e. The van der Waals surface area contributed by atoms with Crippen molar-refractivity contribution in [3.8, 4) is 0 Å². The largest absolute Gasteiger partial charge is 0.394 e. The van der Waals surface area contributed by atoms with Crippen molar-refractivity contribution < 1.29 is 86.1 Å². The monoisotopic (exact) mass is 989 g/mol. The molecule has 0 spiro atoms. The van der Waals surface area contributed by atoms with Crippen LogP contribution in [-0.2, 0) is 75.8 Å². The summed E-state index contributed by atoms with van der Waals surface area (Å²) in [6, 6.07) is 0. The first kappa shape index (κ1) is 67.0. The summed E-state index contributed by atoms with van der Waals surface area (Å²) in [4.78, 5) is 12.2. The zero-order chi connectivity index (χ0) is 49.0. The molecule has 1 unspecified atom stereocenters. The standard InChI is InChI=1S/C50H100O18/c1-2-3-4-5-6-7-8-9-10-11-12-13-14-15-16-17-49(52)50(53)48-68-47-46-67-45-44-66-43-42-65-41-40-64-39-38-63-37-36-62-35-34-61-33-32-60-31-30-59-29-28-58-27-26-57-25-24-56-23-22-55-21-20-54-19-18-51/h50-51,53H,2-48H2,1H3. The Hall–Kier alpha value is -1.01. The van der Waals surface area contributed by atoms with Crippen LogP contribution in [0.15, 0.2) is 0 Å². The summed E-state index contributed by atoms with van der Waals surface area (Å²) in [5.74, 6) is -0.137. The van der Waals surface area contributed by atoms with Gasteiger partial charge in [-0.05, 0) is 6.42 Å². The Balaban J connectivity index is 3.17. The van der Waals surface area contributed by atoms with E-state index in [-0.39, 0.29) is 19.0 Å². The molecule has 0 amide bonds. The maximum absolute atomic E-state index is 12.2. The number of Topliss-reactive ketones (excluding diaryl/α,β-unsaturated/α-hetero) is 1. The average Bonchev–Trinajstić information content (AvgIpc) is 3.35. The number of carbonyl (C=O) groups excluding carboxylic acids is 1. The van der Waals surface area contributed by atoms with Gasteiger partial charge in [-0.2, -0.15) is 0 Å². The van der Waals surface area contributed by atoms with Crippen LogP contribution in [0.4, 0.5) is 0 Å². The number of ketones is 1. The lowest BCUT2D eigenvalue weighted by atomic mass is 10.0. The minimum Gasteiger partial charge on any atom is -0.394 e. The molecular formula is C50H100O18. The summed E-state index contributed by atoms with van der Waals surface area (Å²) in [5, 5.41) is 18.7. The van der Waals surface area contributed by atoms with Crippen LogP contribution in [0.1, 0.15) is 110 Å². The first-order valence-corrected chi connectivity index (χ1v) is 26.2. The zero-order valence-electron chi connectivity index (χ0n) is 42.7. The number of aliphatic hydroxyl groups is 2. The van der Waals surface area contributed by atoms with Crippen molar-refractivity contribution >= 4 is 5.78 Å². The lowest BCUT2D eigenvalue weighted by Crippen LogP contribution is -2.26. The third kappa shape index (κ3) is 59.3. The predicted octanol–water partition coefficient (Wildman–Crippen LogP) is 5.42. The van der Waals surface area contributed by atoms with E-state index in [1.807, 2.05) is 0 Å². The Morgan fingerprint density at radius 3 is 0.706 bits per heavy atom. The Labute approximate surface area is 411 Å². The van der Waals surface area contributed by atoms with E-state index in [1.54, 1.807) is 0 Å². The van der Waals surface area contributed by atoms with Crippen LogP contribution in [0, 0.1) is 0 Å². The van der Waals surface area contributed by atoms with Crippen molar-refractivity contribution in [3.63, 3.8) is 0 Å². The van der Waals surface area contributed by atoms with Crippen molar-refractivity contribution in [1.82, 2.24) is 0 Å². The molecule has 0 heterocycles. The maximum Gasteiger partial charge on any atom is 0.163 e. The van der Waals surface area contributed by atoms with E-state index in [4.69, 9.17) is 76.2 Å². The molecule has 0 saturated heterocycles. The minimum absolute atomic E-state index is 0.00990. The summed E-state index contributed by atoms with van der Waals surface area (Å²) in [7, 11) is 0. The fourth-order valence-corrected chi connectivity index (χ4v) is 6.27. The van der Waals surface area contributed by atoms with E-state index in [0.717, 1.165) is 19.3 Å². The van der Waals surface area contributed by atoms with Gasteiger partial charge in [-0.3, -0.25) is 4.79 Å². The summed E-state index contributed by atoms with van der Waals surface area (Å²) in [6.45, 7) is 15.8. The summed E-state index contributed by atoms with van der Waals surface area (Å²) >= 11 is 0. The van der Waals surface area contributed by atoms with Gasteiger partial charge < -0.3 is 81.3 Å². The molecule has 68 heavy (non-hydrogen) atoms. The molecule has 408 valence electrons. The molecule has 0 aliphatic carbocycles. The van der Waals surface area contributed by atoms with Crippen LogP contribution in [0.3, 0.4) is 0 Å². The van der Waals surface area contributed by atoms with Crippen LogP contribution in [0.25, 0.3) is 0 Å². The fraction of sp³-hybridized carbons (Fsp3) is 0.980. The zero-order valence-corrected chi connectivity index (χ0v) is 42.7. The van der Waals surface area contributed by atoms with Crippen LogP contribution < -0.4 is 0 Å². The van der Waals surface area contributed by atoms with Crippen molar-refractivity contribution in [2.75, 3.05) is 205 Å². The van der Waals surface area contributed by atoms with E-state index < -0.39 is 6.10 Å². The van der Waals surface area contributed by atoms with Crippen LogP contribution in [0.5, 0.6) is 0 Å². The van der Waals surface area contributed by atoms with Gasteiger partial charge in [0.2, 0.25) is 0 Å². The summed E-state index contributed by atoms with van der Waals surface area (Å²) in [6.07, 6.45) is 18.6. The molecule has 0 rings (SSSR count). The van der Waals surface area contributed by atoms with Gasteiger partial charge in [0.05, 0.1) is 205 Å². The minimum atomic E-state index is -1.06. The molecular weight excluding hydrogens is 889 g/mol. The van der Waals surface area contributed by atoms with Gasteiger partial charge in [0.15, 0.2) is 5.78 Å². The topological polar surface area (TPSA) is 196 Å². The Kier molecular flexibility index (Phi) is 61.2. The maximum atomic E-state index is 12.2. The van der Waals surface area contributed by atoms with Gasteiger partial charge in [-0.1, -0.05) is 96.8 Å². The number of ether oxygens (including phenoxy) is 15. The highest BCUT2D eigenvalue weighted by Gasteiger charge is 2.14. The lowest BCUT2D eigenvalue weighted by Gasteiger charge is -2.11. The highest BCUT2D eigenvalue weighted by atomic mass is 16.6. The van der Waals surface area contributed by atoms with Crippen LogP contribution in [-0.4, -0.2) is 227 Å². The van der Waals surface area contributed by atoms with Gasteiger partial charge in [-0.25, -0.2) is 0 Å². The molecule has 0 aliphatic rings. The number of hydrogen-bond donors (Lipinski definition) is 2. The highest BCUT2D eigenvalue weighted by molar-refractivity contribution is 5.82. The third-order valence-electron chi connectivity index (χ3n) is 10.1. The lowest BCUT2D eigenvalue weighted by molar-refractivity contribution is -0.130. The Bertz CT molecular complexity index is 926. The van der Waals surface area contributed by atoms with E-state index in [1.165, 1.54) is 77.0 Å². The van der Waals surface area contributed by atoms with Gasteiger partial charge in [0, 0.05) is 6.42 Å². The van der Waals surface area contributed by atoms with E-state index in [9.17, 15) is 9.90 Å². The normalized spacial score (nSPS) is 12.2. The van der Waals surface area contributed by atoms with E-state index in [0.29, 0.717) is 198 Å². The summed E-state index contributed by atoms with van der Waals surface area (Å²) < 4.78 is 81.7. The van der Waals surface area contributed by atoms with Crippen molar-refractivity contribution in [3.05, 3.63) is 0 Å². The molecule has 0 fully saturated rings. The van der Waals surface area contributed by atoms with E-state index >= 15 is 0 Å². The number of hydrogen-bond acceptors (Lipinski definition) is 18. The van der Waals surface area contributed by atoms with Gasteiger partial charge in [0.25, 0.3) is 0 Å². The molecule has 0 saturated carbocycles. The molecule has 0 bridgehead atoms. The van der Waals surface area contributed by atoms with Gasteiger partial charge in [0.1, 0.15) is 6.10 Å². The number of unbranched alkanes of at least 4 members (excludes halogenated alkanes) is 14. The second kappa shape index (κ2) is 62.1. The molecule has 2 N–H and O–H groups in total. The number of rotatable bonds is 63. The van der Waals surface area contributed by atoms with Gasteiger partial charge >= 0.3 is 0 Å². The average molecular weight is 989 g/mol. The molecule has 0 radical (unpaired) electrons. The van der Waals surface area contributed by atoms with Crippen LogP contribution in [0.2, 0.25) is 0 Å². The molecule has 0 aromatic carbocycles. The molecule has 1 atom stereocenters. The Morgan fingerprint density at radius 2 is 0.485 bits per heavy atom. The van der Waals surface area contributed by atoms with Crippen molar-refractivity contribution in [1.29, 1.82) is 0 Å². The SMILES string of the molecule is CCCCCCCCCCCCCCCCCC(=O)C(O)COCCOCCOCCOCCOCCOCCOCCOCCOCCOCCOCCOCCOCCOCCOCCO. The molecule has 0 aliphatic heterocycles. The Morgan fingerprint density at radius 1 is 0.294 bits per heavy atom. The third-order valence-corrected chi connectivity index (χ3v) is 10.1. The van der Waals surface area contributed by atoms with Crippen molar-refractivity contribution in [2.45, 2.75) is 116 Å². The first-order chi connectivity index (χ1) is 33.7. The quantitative estimate of drug-likeness (QED) is 0.0733. The molecule has 18 nitrogen and oxygen atoms in total. The summed E-state index contributed by atoms with van der Waals surface area (Å²) in [5.41, 5.74) is 0. The second-order valence-electron chi connectivity index (χ2n) is 16.1. The van der Waals surface area contributed by atoms with E-state index in [2.05, 4.69) is 6.92 Å². The van der Waals surface area contributed by atoms with Gasteiger partial charge in [-0.15, -0.1) is 0 Å².